The number of aromatic nitrogens is 1. The van der Waals surface area contributed by atoms with Crippen molar-refractivity contribution in [3.8, 4) is 5.75 Å². The first-order valence-corrected chi connectivity index (χ1v) is 8.28. The maximum absolute atomic E-state index is 9.41. The van der Waals surface area contributed by atoms with Crippen LogP contribution in [-0.2, 0) is 13.0 Å². The summed E-state index contributed by atoms with van der Waals surface area (Å²) in [6.07, 6.45) is 3.24. The van der Waals surface area contributed by atoms with Gasteiger partial charge in [-0.2, -0.15) is 0 Å². The molecular weight excluding hydrogens is 282 g/mol. The fourth-order valence-electron chi connectivity index (χ4n) is 2.37. The molecule has 1 aliphatic carbocycles. The molecule has 1 aliphatic rings. The number of thiazole rings is 1. The Bertz CT molecular complexity index is 632. The van der Waals surface area contributed by atoms with E-state index in [0.717, 1.165) is 27.7 Å². The third-order valence-electron chi connectivity index (χ3n) is 3.94. The monoisotopic (exact) mass is 303 g/mol. The number of ether oxygens (including phenoxy) is 1. The van der Waals surface area contributed by atoms with Crippen molar-refractivity contribution >= 4 is 11.3 Å². The fourth-order valence-corrected chi connectivity index (χ4v) is 3.37. The van der Waals surface area contributed by atoms with Gasteiger partial charge in [0.2, 0.25) is 0 Å². The van der Waals surface area contributed by atoms with Crippen molar-refractivity contribution in [1.29, 1.82) is 0 Å². The summed E-state index contributed by atoms with van der Waals surface area (Å²) in [6.45, 7) is 4.94. The third-order valence-corrected chi connectivity index (χ3v) is 5.06. The molecule has 1 N–H and O–H groups in total. The highest BCUT2D eigenvalue weighted by Crippen LogP contribution is 2.42. The Balaban J connectivity index is 1.58. The Hall–Kier alpha value is -1.39. The second-order valence-electron chi connectivity index (χ2n) is 5.69. The second-order valence-corrected chi connectivity index (χ2v) is 6.86. The van der Waals surface area contributed by atoms with Gasteiger partial charge < -0.3 is 9.84 Å². The number of benzene rings is 1. The highest BCUT2D eigenvalue weighted by atomic mass is 32.1. The maximum atomic E-state index is 9.41. The van der Waals surface area contributed by atoms with Crippen LogP contribution < -0.4 is 4.74 Å². The summed E-state index contributed by atoms with van der Waals surface area (Å²) in [5.41, 5.74) is 3.66. The first kappa shape index (κ1) is 14.5. The number of nitrogens with zero attached hydrogens (tertiary/aromatic N) is 1. The minimum Gasteiger partial charge on any atom is -0.493 e. The zero-order valence-electron chi connectivity index (χ0n) is 12.6. The molecule has 0 atom stereocenters. The van der Waals surface area contributed by atoms with E-state index in [0.29, 0.717) is 12.5 Å². The predicted octanol–water partition coefficient (Wildman–Crippen LogP) is 3.75. The van der Waals surface area contributed by atoms with Gasteiger partial charge in [-0.25, -0.2) is 4.98 Å². The number of aliphatic hydroxyl groups excluding tert-OH is 1. The molecule has 2 aromatic rings. The second kappa shape index (κ2) is 6.16. The summed E-state index contributed by atoms with van der Waals surface area (Å²) in [5.74, 6) is 1.51. The van der Waals surface area contributed by atoms with Crippen molar-refractivity contribution in [1.82, 2.24) is 4.98 Å². The topological polar surface area (TPSA) is 42.4 Å². The lowest BCUT2D eigenvalue weighted by atomic mass is 10.1. The van der Waals surface area contributed by atoms with Crippen LogP contribution >= 0.6 is 11.3 Å². The molecule has 0 bridgehead atoms. The van der Waals surface area contributed by atoms with Crippen LogP contribution in [0.15, 0.2) is 18.2 Å². The largest absolute Gasteiger partial charge is 0.493 e. The van der Waals surface area contributed by atoms with Gasteiger partial charge in [0, 0.05) is 12.3 Å². The molecule has 0 saturated heterocycles. The fraction of sp³-hybridized carbons (Fsp3) is 0.471. The zero-order valence-corrected chi connectivity index (χ0v) is 13.4. The standard InChI is InChI=1S/C17H21NO2S/c1-11-3-6-14(9-12(11)2)20-8-7-16-18-17(13-4-5-13)15(10-19)21-16/h3,6,9,13,19H,4-5,7-8,10H2,1-2H3. The van der Waals surface area contributed by atoms with Crippen LogP contribution in [0.25, 0.3) is 0 Å². The molecule has 1 heterocycles. The smallest absolute Gasteiger partial charge is 0.119 e. The summed E-state index contributed by atoms with van der Waals surface area (Å²) in [7, 11) is 0. The van der Waals surface area contributed by atoms with E-state index in [2.05, 4.69) is 31.0 Å². The Morgan fingerprint density at radius 1 is 1.29 bits per heavy atom. The molecule has 4 heteroatoms. The van der Waals surface area contributed by atoms with E-state index in [1.807, 2.05) is 6.07 Å². The Morgan fingerprint density at radius 2 is 2.10 bits per heavy atom. The van der Waals surface area contributed by atoms with E-state index >= 15 is 0 Å². The van der Waals surface area contributed by atoms with E-state index in [-0.39, 0.29) is 6.61 Å². The zero-order chi connectivity index (χ0) is 14.8. The first-order chi connectivity index (χ1) is 10.2. The molecule has 1 aromatic carbocycles. The lowest BCUT2D eigenvalue weighted by Gasteiger charge is -2.07. The Kier molecular flexibility index (Phi) is 4.27. The van der Waals surface area contributed by atoms with Crippen molar-refractivity contribution in [2.75, 3.05) is 6.61 Å². The van der Waals surface area contributed by atoms with Crippen LogP contribution in [-0.4, -0.2) is 16.7 Å². The van der Waals surface area contributed by atoms with Gasteiger partial charge >= 0.3 is 0 Å². The summed E-state index contributed by atoms with van der Waals surface area (Å²) in [5, 5.41) is 10.5. The number of hydrogen-bond acceptors (Lipinski definition) is 4. The molecule has 3 rings (SSSR count). The number of rotatable bonds is 6. The van der Waals surface area contributed by atoms with Crippen LogP contribution in [0.1, 0.15) is 45.5 Å². The average Bonchev–Trinajstić information content (AvgIpc) is 3.24. The molecule has 1 fully saturated rings. The van der Waals surface area contributed by atoms with Gasteiger partial charge in [0.05, 0.1) is 28.8 Å². The molecule has 1 aromatic heterocycles. The average molecular weight is 303 g/mol. The minimum absolute atomic E-state index is 0.113. The van der Waals surface area contributed by atoms with Gasteiger partial charge in [-0.1, -0.05) is 6.07 Å². The van der Waals surface area contributed by atoms with Gasteiger partial charge in [0.15, 0.2) is 0 Å². The predicted molar refractivity (Wildman–Crippen MR) is 85.1 cm³/mol. The van der Waals surface area contributed by atoms with Crippen molar-refractivity contribution in [3.63, 3.8) is 0 Å². The molecule has 3 nitrogen and oxygen atoms in total. The summed E-state index contributed by atoms with van der Waals surface area (Å²) < 4.78 is 5.81. The Morgan fingerprint density at radius 3 is 2.76 bits per heavy atom. The highest BCUT2D eigenvalue weighted by molar-refractivity contribution is 7.11. The SMILES string of the molecule is Cc1ccc(OCCc2nc(C3CC3)c(CO)s2)cc1C. The van der Waals surface area contributed by atoms with E-state index in [9.17, 15) is 5.11 Å². The molecular formula is C17H21NO2S. The molecule has 0 spiro atoms. The van der Waals surface area contributed by atoms with Gasteiger partial charge in [-0.15, -0.1) is 11.3 Å². The van der Waals surface area contributed by atoms with Crippen molar-refractivity contribution in [2.24, 2.45) is 0 Å². The lowest BCUT2D eigenvalue weighted by Crippen LogP contribution is -2.01. The van der Waals surface area contributed by atoms with E-state index < -0.39 is 0 Å². The molecule has 112 valence electrons. The number of hydrogen-bond donors (Lipinski definition) is 1. The van der Waals surface area contributed by atoms with Crippen LogP contribution in [0.2, 0.25) is 0 Å². The van der Waals surface area contributed by atoms with E-state index in [1.54, 1.807) is 11.3 Å². The van der Waals surface area contributed by atoms with Crippen LogP contribution in [0.5, 0.6) is 5.75 Å². The van der Waals surface area contributed by atoms with Gasteiger partial charge in [0.25, 0.3) is 0 Å². The quantitative estimate of drug-likeness (QED) is 0.883. The van der Waals surface area contributed by atoms with Crippen molar-refractivity contribution in [3.05, 3.63) is 44.9 Å². The molecule has 0 aliphatic heterocycles. The summed E-state index contributed by atoms with van der Waals surface area (Å²) in [6, 6.07) is 6.17. The van der Waals surface area contributed by atoms with Crippen molar-refractivity contribution in [2.45, 2.75) is 45.6 Å². The normalized spacial score (nSPS) is 14.4. The van der Waals surface area contributed by atoms with Crippen LogP contribution in [0, 0.1) is 13.8 Å². The molecule has 0 unspecified atom stereocenters. The Labute approximate surface area is 129 Å². The van der Waals surface area contributed by atoms with Gasteiger partial charge in [0.1, 0.15) is 5.75 Å². The molecule has 0 amide bonds. The van der Waals surface area contributed by atoms with Crippen LogP contribution in [0.4, 0.5) is 0 Å². The maximum Gasteiger partial charge on any atom is 0.119 e. The molecule has 21 heavy (non-hydrogen) atoms. The highest BCUT2D eigenvalue weighted by Gasteiger charge is 2.29. The summed E-state index contributed by atoms with van der Waals surface area (Å²) in [4.78, 5) is 5.72. The number of aryl methyl sites for hydroxylation is 2. The van der Waals surface area contributed by atoms with E-state index in [1.165, 1.54) is 24.0 Å². The van der Waals surface area contributed by atoms with E-state index in [4.69, 9.17) is 4.74 Å². The lowest BCUT2D eigenvalue weighted by molar-refractivity contribution is 0.284. The molecule has 0 radical (unpaired) electrons. The first-order valence-electron chi connectivity index (χ1n) is 7.46. The van der Waals surface area contributed by atoms with Gasteiger partial charge in [-0.05, 0) is 49.9 Å². The van der Waals surface area contributed by atoms with Gasteiger partial charge in [-0.3, -0.25) is 0 Å². The minimum atomic E-state index is 0.113. The molecule has 1 saturated carbocycles. The summed E-state index contributed by atoms with van der Waals surface area (Å²) >= 11 is 1.63. The van der Waals surface area contributed by atoms with Crippen molar-refractivity contribution < 1.29 is 9.84 Å². The van der Waals surface area contributed by atoms with Crippen LogP contribution in [0.3, 0.4) is 0 Å². The number of aliphatic hydroxyl groups is 1. The third kappa shape index (κ3) is 3.44.